The molecule has 0 radical (unpaired) electrons. The van der Waals surface area contributed by atoms with Gasteiger partial charge in [0.05, 0.1) is 6.20 Å². The quantitative estimate of drug-likeness (QED) is 0.845. The van der Waals surface area contributed by atoms with Crippen molar-refractivity contribution >= 4 is 21.6 Å². The van der Waals surface area contributed by atoms with Crippen LogP contribution in [0.1, 0.15) is 18.7 Å². The fourth-order valence-corrected chi connectivity index (χ4v) is 3.67. The van der Waals surface area contributed by atoms with Crippen LogP contribution in [0, 0.1) is 12.8 Å². The van der Waals surface area contributed by atoms with Gasteiger partial charge in [0, 0.05) is 19.0 Å². The molecule has 1 saturated carbocycles. The highest BCUT2D eigenvalue weighted by Crippen LogP contribution is 2.33. The Morgan fingerprint density at radius 3 is 2.71 bits per heavy atom. The third-order valence-corrected chi connectivity index (χ3v) is 5.15. The van der Waals surface area contributed by atoms with E-state index in [1.54, 1.807) is 14.0 Å². The molecule has 7 heteroatoms. The Balaban J connectivity index is 2.05. The first kappa shape index (κ1) is 12.9. The van der Waals surface area contributed by atoms with Crippen molar-refractivity contribution in [3.05, 3.63) is 12.0 Å². The minimum atomic E-state index is -3.43. The number of hydrogen-bond acceptors (Lipinski definition) is 3. The van der Waals surface area contributed by atoms with E-state index in [1.165, 1.54) is 10.5 Å². The van der Waals surface area contributed by atoms with Crippen molar-refractivity contribution in [2.45, 2.75) is 30.2 Å². The highest BCUT2D eigenvalue weighted by Gasteiger charge is 2.32. The van der Waals surface area contributed by atoms with Crippen LogP contribution in [0.4, 0.5) is 0 Å². The van der Waals surface area contributed by atoms with Gasteiger partial charge in [-0.05, 0) is 25.7 Å². The predicted molar refractivity (Wildman–Crippen MR) is 65.5 cm³/mol. The fraction of sp³-hybridized carbons (Fsp3) is 0.700. The van der Waals surface area contributed by atoms with Crippen LogP contribution in [-0.4, -0.2) is 41.7 Å². The maximum absolute atomic E-state index is 12.1. The Morgan fingerprint density at radius 1 is 1.59 bits per heavy atom. The van der Waals surface area contributed by atoms with Crippen molar-refractivity contribution in [1.82, 2.24) is 14.3 Å². The Labute approximate surface area is 106 Å². The van der Waals surface area contributed by atoms with E-state index in [0.717, 1.165) is 12.8 Å². The summed E-state index contributed by atoms with van der Waals surface area (Å²) < 4.78 is 25.6. The molecule has 1 aliphatic rings. The summed E-state index contributed by atoms with van der Waals surface area (Å²) in [6.45, 7) is 2.24. The van der Waals surface area contributed by atoms with Crippen molar-refractivity contribution in [3.63, 3.8) is 0 Å². The largest absolute Gasteiger partial charge is 0.332 e. The molecule has 0 spiro atoms. The normalized spacial score (nSPS) is 24.9. The molecule has 0 bridgehead atoms. The Morgan fingerprint density at radius 2 is 2.24 bits per heavy atom. The first-order valence-corrected chi connectivity index (χ1v) is 7.39. The SMILES string of the molecule is Cc1ncc(S(=O)(=O)N(C)CC2CC(Cl)C2)[nH]1. The van der Waals surface area contributed by atoms with Gasteiger partial charge < -0.3 is 4.98 Å². The molecular weight excluding hydrogens is 262 g/mol. The zero-order chi connectivity index (χ0) is 12.6. The van der Waals surface area contributed by atoms with Gasteiger partial charge in [0.15, 0.2) is 5.03 Å². The molecule has 1 aliphatic carbocycles. The third kappa shape index (κ3) is 2.64. The summed E-state index contributed by atoms with van der Waals surface area (Å²) in [5.41, 5.74) is 0. The first-order valence-electron chi connectivity index (χ1n) is 5.51. The minimum Gasteiger partial charge on any atom is -0.332 e. The predicted octanol–water partition coefficient (Wildman–Crippen LogP) is 1.36. The van der Waals surface area contributed by atoms with Crippen LogP contribution in [0.15, 0.2) is 11.2 Å². The maximum Gasteiger partial charge on any atom is 0.259 e. The number of imidazole rings is 1. The van der Waals surface area contributed by atoms with Crippen LogP contribution >= 0.6 is 11.6 Å². The second kappa shape index (κ2) is 4.59. The van der Waals surface area contributed by atoms with E-state index in [0.29, 0.717) is 18.3 Å². The van der Waals surface area contributed by atoms with Crippen molar-refractivity contribution in [2.24, 2.45) is 5.92 Å². The summed E-state index contributed by atoms with van der Waals surface area (Å²) in [7, 11) is -1.84. The summed E-state index contributed by atoms with van der Waals surface area (Å²) >= 11 is 5.88. The second-order valence-electron chi connectivity index (χ2n) is 4.55. The number of sulfonamides is 1. The summed E-state index contributed by atoms with van der Waals surface area (Å²) in [5.74, 6) is 0.975. The van der Waals surface area contributed by atoms with Gasteiger partial charge in [-0.2, -0.15) is 4.31 Å². The van der Waals surface area contributed by atoms with Gasteiger partial charge >= 0.3 is 0 Å². The van der Waals surface area contributed by atoms with E-state index in [-0.39, 0.29) is 10.4 Å². The van der Waals surface area contributed by atoms with Crippen LogP contribution < -0.4 is 0 Å². The highest BCUT2D eigenvalue weighted by atomic mass is 35.5. The zero-order valence-electron chi connectivity index (χ0n) is 9.85. The fourth-order valence-electron chi connectivity index (χ4n) is 1.96. The smallest absolute Gasteiger partial charge is 0.259 e. The topological polar surface area (TPSA) is 66.1 Å². The number of nitrogens with one attached hydrogen (secondary N) is 1. The first-order chi connectivity index (χ1) is 7.89. The summed E-state index contributed by atoms with van der Waals surface area (Å²) in [5, 5.41) is 0.366. The molecule has 0 unspecified atom stereocenters. The minimum absolute atomic E-state index is 0.152. The van der Waals surface area contributed by atoms with E-state index in [2.05, 4.69) is 9.97 Å². The molecule has 0 aromatic carbocycles. The molecule has 1 fully saturated rings. The Kier molecular flexibility index (Phi) is 3.47. The zero-order valence-corrected chi connectivity index (χ0v) is 11.4. The van der Waals surface area contributed by atoms with Crippen molar-refractivity contribution in [3.8, 4) is 0 Å². The Hall–Kier alpha value is -0.590. The van der Waals surface area contributed by atoms with Gasteiger partial charge in [0.25, 0.3) is 10.0 Å². The number of nitrogens with zero attached hydrogens (tertiary/aromatic N) is 2. The van der Waals surface area contributed by atoms with E-state index < -0.39 is 10.0 Å². The molecule has 1 heterocycles. The molecule has 0 saturated heterocycles. The molecule has 0 atom stereocenters. The standard InChI is InChI=1S/C10H16ClN3O2S/c1-7-12-5-10(13-7)17(15,16)14(2)6-8-3-9(11)4-8/h5,8-9H,3-4,6H2,1-2H3,(H,12,13). The number of halogens is 1. The molecule has 5 nitrogen and oxygen atoms in total. The lowest BCUT2D eigenvalue weighted by atomic mass is 9.85. The van der Waals surface area contributed by atoms with Gasteiger partial charge in [-0.15, -0.1) is 11.6 Å². The molecule has 0 aliphatic heterocycles. The molecule has 2 rings (SSSR count). The molecule has 17 heavy (non-hydrogen) atoms. The Bertz CT molecular complexity index is 493. The summed E-state index contributed by atoms with van der Waals surface area (Å²) in [6.07, 6.45) is 3.14. The van der Waals surface area contributed by atoms with Gasteiger partial charge in [0.1, 0.15) is 5.82 Å². The van der Waals surface area contributed by atoms with Crippen molar-refractivity contribution in [2.75, 3.05) is 13.6 Å². The molecule has 1 aromatic rings. The number of rotatable bonds is 4. The average molecular weight is 278 g/mol. The number of aromatic amines is 1. The van der Waals surface area contributed by atoms with E-state index in [4.69, 9.17) is 11.6 Å². The molecule has 1 aromatic heterocycles. The summed E-state index contributed by atoms with van der Waals surface area (Å²) in [4.78, 5) is 6.66. The molecule has 0 amide bonds. The van der Waals surface area contributed by atoms with Crippen LogP contribution in [0.5, 0.6) is 0 Å². The highest BCUT2D eigenvalue weighted by molar-refractivity contribution is 7.89. The van der Waals surface area contributed by atoms with Crippen molar-refractivity contribution < 1.29 is 8.42 Å². The number of alkyl halides is 1. The number of aromatic nitrogens is 2. The lowest BCUT2D eigenvalue weighted by molar-refractivity contribution is 0.268. The van der Waals surface area contributed by atoms with Crippen LogP contribution in [0.25, 0.3) is 0 Å². The van der Waals surface area contributed by atoms with Gasteiger partial charge in [-0.1, -0.05) is 0 Å². The van der Waals surface area contributed by atoms with E-state index >= 15 is 0 Å². The monoisotopic (exact) mass is 277 g/mol. The van der Waals surface area contributed by atoms with Crippen LogP contribution in [0.2, 0.25) is 0 Å². The lowest BCUT2D eigenvalue weighted by Gasteiger charge is -2.33. The summed E-state index contributed by atoms with van der Waals surface area (Å²) in [6, 6.07) is 0. The van der Waals surface area contributed by atoms with Crippen LogP contribution in [-0.2, 0) is 10.0 Å². The second-order valence-corrected chi connectivity index (χ2v) is 7.18. The number of H-pyrrole nitrogens is 1. The van der Waals surface area contributed by atoms with Gasteiger partial charge in [-0.25, -0.2) is 13.4 Å². The van der Waals surface area contributed by atoms with E-state index in [1.807, 2.05) is 0 Å². The van der Waals surface area contributed by atoms with Gasteiger partial charge in [0.2, 0.25) is 0 Å². The number of hydrogen-bond donors (Lipinski definition) is 1. The van der Waals surface area contributed by atoms with E-state index in [9.17, 15) is 8.42 Å². The maximum atomic E-state index is 12.1. The molecular formula is C10H16ClN3O2S. The average Bonchev–Trinajstić information content (AvgIpc) is 2.63. The number of aryl methyl sites for hydroxylation is 1. The van der Waals surface area contributed by atoms with Crippen molar-refractivity contribution in [1.29, 1.82) is 0 Å². The third-order valence-electron chi connectivity index (χ3n) is 3.06. The van der Waals surface area contributed by atoms with Crippen LogP contribution in [0.3, 0.4) is 0 Å². The molecule has 1 N–H and O–H groups in total. The van der Waals surface area contributed by atoms with Gasteiger partial charge in [-0.3, -0.25) is 0 Å². The molecule has 96 valence electrons. The lowest BCUT2D eigenvalue weighted by Crippen LogP contribution is -2.38.